The van der Waals surface area contributed by atoms with Crippen LogP contribution in [0.1, 0.15) is 96.9 Å². The summed E-state index contributed by atoms with van der Waals surface area (Å²) in [6.45, 7) is 8.67. The summed E-state index contributed by atoms with van der Waals surface area (Å²) < 4.78 is 0. The summed E-state index contributed by atoms with van der Waals surface area (Å²) >= 11 is 0. The predicted octanol–water partition coefficient (Wildman–Crippen LogP) is 10.9. The van der Waals surface area contributed by atoms with Crippen molar-refractivity contribution >= 4 is 58.8 Å². The Balaban J connectivity index is 0.00000455. The number of rotatable bonds is 4. The standard InChI is InChI=1S/C48H50N8.ClH/c1-29-13-9-17-41(53(29)5)45-33-21-23-35(49-33)46(42-18-10-14-30(2)54(42)6)37-25-27-39(51-37)48(44-20-12-16-32(4)56(44)8)40-28-26-38(52-40)47(36-24-22-34(45)50-36)43-19-11-15-31(3)55(43)7;/h9-28,41-44,49-50H,1-8H3;1H. The van der Waals surface area contributed by atoms with E-state index in [2.05, 4.69) is 207 Å². The van der Waals surface area contributed by atoms with E-state index in [-0.39, 0.29) is 36.6 Å². The van der Waals surface area contributed by atoms with Crippen LogP contribution >= 0.6 is 12.4 Å². The number of allylic oxidation sites excluding steroid dienone is 12. The molecule has 9 rings (SSSR count). The van der Waals surface area contributed by atoms with Crippen LogP contribution in [-0.2, 0) is 0 Å². The second-order valence-electron chi connectivity index (χ2n) is 15.7. The molecule has 9 heteroatoms. The Morgan fingerprint density at radius 3 is 1.00 bits per heavy atom. The topological polar surface area (TPSA) is 70.3 Å². The molecule has 0 radical (unpaired) electrons. The fraction of sp³-hybridized carbons (Fsp3) is 0.250. The van der Waals surface area contributed by atoms with Crippen LogP contribution in [0.3, 0.4) is 0 Å². The largest absolute Gasteiger partial charge is 0.367 e. The summed E-state index contributed by atoms with van der Waals surface area (Å²) in [6.07, 6.45) is 35.2. The molecule has 0 aliphatic carbocycles. The molecule has 2 N–H and O–H groups in total. The Hall–Kier alpha value is -5.99. The smallest absolute Gasteiger partial charge is 0.0765 e. The van der Waals surface area contributed by atoms with Crippen LogP contribution in [0.2, 0.25) is 0 Å². The van der Waals surface area contributed by atoms with Crippen molar-refractivity contribution in [2.45, 2.75) is 51.9 Å². The number of fused-ring (bicyclic) bond motifs is 8. The highest BCUT2D eigenvalue weighted by Gasteiger charge is 2.30. The van der Waals surface area contributed by atoms with E-state index in [1.165, 1.54) is 28.4 Å². The van der Waals surface area contributed by atoms with Gasteiger partial charge in [-0.1, -0.05) is 48.6 Å². The van der Waals surface area contributed by atoms with E-state index in [9.17, 15) is 0 Å². The summed E-state index contributed by atoms with van der Waals surface area (Å²) in [6, 6.07) is 8.85. The highest BCUT2D eigenvalue weighted by atomic mass is 35.5. The lowest BCUT2D eigenvalue weighted by atomic mass is 9.98. The molecule has 4 unspecified atom stereocenters. The van der Waals surface area contributed by atoms with Crippen molar-refractivity contribution in [3.63, 3.8) is 0 Å². The highest BCUT2D eigenvalue weighted by Crippen LogP contribution is 2.41. The first-order chi connectivity index (χ1) is 27.1. The molecule has 0 spiro atoms. The van der Waals surface area contributed by atoms with Crippen molar-refractivity contribution in [1.29, 1.82) is 0 Å². The van der Waals surface area contributed by atoms with E-state index in [1.807, 2.05) is 0 Å². The monoisotopic (exact) mass is 774 g/mol. The van der Waals surface area contributed by atoms with Gasteiger partial charge in [-0.05, 0) is 101 Å². The first-order valence-corrected chi connectivity index (χ1v) is 19.6. The van der Waals surface area contributed by atoms with Gasteiger partial charge >= 0.3 is 0 Å². The molecule has 8 nitrogen and oxygen atoms in total. The maximum atomic E-state index is 5.54. The second kappa shape index (κ2) is 14.8. The average molecular weight is 775 g/mol. The van der Waals surface area contributed by atoms with Gasteiger partial charge in [0.05, 0.1) is 46.9 Å². The van der Waals surface area contributed by atoms with Gasteiger partial charge < -0.3 is 29.6 Å². The number of likely N-dealkylation sites (N-methyl/N-ethyl adjacent to an activating group) is 4. The number of hydrogen-bond donors (Lipinski definition) is 2. The van der Waals surface area contributed by atoms with Crippen LogP contribution in [-0.4, -0.2) is 67.7 Å². The molecule has 0 aromatic carbocycles. The van der Waals surface area contributed by atoms with Gasteiger partial charge in [-0.3, -0.25) is 0 Å². The number of aromatic nitrogens is 4. The van der Waals surface area contributed by atoms with Gasteiger partial charge in [0.2, 0.25) is 0 Å². The van der Waals surface area contributed by atoms with Crippen LogP contribution < -0.4 is 0 Å². The van der Waals surface area contributed by atoms with Gasteiger partial charge in [0.1, 0.15) is 0 Å². The van der Waals surface area contributed by atoms with Crippen molar-refractivity contribution in [3.05, 3.63) is 165 Å². The number of H-pyrrole nitrogens is 2. The first-order valence-electron chi connectivity index (χ1n) is 19.6. The minimum atomic E-state index is -0.0504. The number of hydrogen-bond acceptors (Lipinski definition) is 6. The Bertz CT molecular complexity index is 2500. The third-order valence-electron chi connectivity index (χ3n) is 12.5. The van der Waals surface area contributed by atoms with Gasteiger partial charge in [-0.25, -0.2) is 9.97 Å². The molecule has 6 aliphatic heterocycles. The molecule has 4 atom stereocenters. The second-order valence-corrected chi connectivity index (χ2v) is 15.7. The zero-order valence-corrected chi connectivity index (χ0v) is 34.8. The minimum Gasteiger partial charge on any atom is -0.367 e. The van der Waals surface area contributed by atoms with Crippen molar-refractivity contribution < 1.29 is 0 Å². The zero-order valence-electron chi connectivity index (χ0n) is 33.9. The Morgan fingerprint density at radius 1 is 0.404 bits per heavy atom. The lowest BCUT2D eigenvalue weighted by molar-refractivity contribution is 0.354. The van der Waals surface area contributed by atoms with Crippen molar-refractivity contribution in [1.82, 2.24) is 39.5 Å². The average Bonchev–Trinajstić information content (AvgIpc) is 4.03. The van der Waals surface area contributed by atoms with Crippen LogP contribution in [0.25, 0.3) is 46.4 Å². The zero-order chi connectivity index (χ0) is 38.8. The number of nitrogens with zero attached hydrogens (tertiary/aromatic N) is 6. The van der Waals surface area contributed by atoms with Crippen LogP contribution in [0.15, 0.2) is 120 Å². The molecular formula is C48H51ClN8. The molecule has 3 aromatic heterocycles. The molecule has 8 bridgehead atoms. The van der Waals surface area contributed by atoms with E-state index >= 15 is 0 Å². The molecule has 3 aromatic rings. The number of halogens is 1. The molecule has 0 saturated carbocycles. The maximum absolute atomic E-state index is 5.54. The molecule has 9 heterocycles. The number of aromatic amines is 2. The fourth-order valence-electron chi connectivity index (χ4n) is 8.76. The SMILES string of the molecule is CC1=CC=CC(c2c3nc(c(C4C=CC=C(C)N4C)c4ccc([nH]4)c(C4C=CC=C(C)N4C)c4ccc([nH]4)c(C4C=CC=C(C)N4C)c4nc2C=C4)C=C3)N1C.Cl. The van der Waals surface area contributed by atoms with Crippen molar-refractivity contribution in [2.75, 3.05) is 28.2 Å². The minimum absolute atomic E-state index is 0. The quantitative estimate of drug-likeness (QED) is 0.189. The summed E-state index contributed by atoms with van der Waals surface area (Å²) in [5.74, 6) is 0. The van der Waals surface area contributed by atoms with Gasteiger partial charge in [-0.2, -0.15) is 0 Å². The third-order valence-corrected chi connectivity index (χ3v) is 12.5. The summed E-state index contributed by atoms with van der Waals surface area (Å²) in [7, 11) is 8.68. The molecule has 57 heavy (non-hydrogen) atoms. The van der Waals surface area contributed by atoms with Gasteiger partial charge in [0, 0.05) is 95.3 Å². The third kappa shape index (κ3) is 6.42. The number of nitrogens with one attached hydrogen (secondary N) is 2. The van der Waals surface area contributed by atoms with E-state index in [1.54, 1.807) is 0 Å². The predicted molar refractivity (Wildman–Crippen MR) is 240 cm³/mol. The molecule has 290 valence electrons. The summed E-state index contributed by atoms with van der Waals surface area (Å²) in [4.78, 5) is 28.4. The molecule has 0 saturated heterocycles. The first kappa shape index (κ1) is 37.9. The lowest BCUT2D eigenvalue weighted by Gasteiger charge is -2.32. The van der Waals surface area contributed by atoms with Crippen LogP contribution in [0, 0.1) is 0 Å². The summed E-state index contributed by atoms with van der Waals surface area (Å²) in [5, 5.41) is 0. The Morgan fingerprint density at radius 2 is 0.667 bits per heavy atom. The normalized spacial score (nSPS) is 22.5. The molecule has 0 fully saturated rings. The van der Waals surface area contributed by atoms with E-state index in [4.69, 9.17) is 9.97 Å². The van der Waals surface area contributed by atoms with Gasteiger partial charge in [0.15, 0.2) is 0 Å². The van der Waals surface area contributed by atoms with Crippen LogP contribution in [0.5, 0.6) is 0 Å². The summed E-state index contributed by atoms with van der Waals surface area (Å²) in [5.41, 5.74) is 17.2. The van der Waals surface area contributed by atoms with Crippen molar-refractivity contribution in [3.8, 4) is 0 Å². The molecule has 6 aliphatic rings. The fourth-order valence-corrected chi connectivity index (χ4v) is 8.76. The Kier molecular flexibility index (Phi) is 9.86. The van der Waals surface area contributed by atoms with E-state index < -0.39 is 0 Å². The lowest BCUT2D eigenvalue weighted by Crippen LogP contribution is -2.25. The van der Waals surface area contributed by atoms with Crippen molar-refractivity contribution in [2.24, 2.45) is 0 Å². The van der Waals surface area contributed by atoms with Gasteiger partial charge in [-0.15, -0.1) is 12.4 Å². The van der Waals surface area contributed by atoms with E-state index in [0.29, 0.717) is 0 Å². The molecular weight excluding hydrogens is 724 g/mol. The maximum Gasteiger partial charge on any atom is 0.0765 e. The van der Waals surface area contributed by atoms with Crippen LogP contribution in [0.4, 0.5) is 0 Å². The Labute approximate surface area is 342 Å². The highest BCUT2D eigenvalue weighted by molar-refractivity contribution is 5.86. The van der Waals surface area contributed by atoms with Gasteiger partial charge in [0.25, 0.3) is 0 Å². The van der Waals surface area contributed by atoms with E-state index in [0.717, 1.165) is 61.5 Å². The molecule has 0 amide bonds.